The molecule has 0 rings (SSSR count). The lowest BCUT2D eigenvalue weighted by Gasteiger charge is -2.29. The van der Waals surface area contributed by atoms with E-state index in [4.69, 9.17) is 4.74 Å². The first-order valence-electron chi connectivity index (χ1n) is 6.33. The molecule has 0 aromatic carbocycles. The fraction of sp³-hybridized carbons (Fsp3) is 0.571. The van der Waals surface area contributed by atoms with Crippen LogP contribution in [0.25, 0.3) is 0 Å². The van der Waals surface area contributed by atoms with E-state index in [2.05, 4.69) is 11.3 Å². The van der Waals surface area contributed by atoms with E-state index in [9.17, 15) is 19.8 Å². The second kappa shape index (κ2) is 7.81. The number of carbonyl (C=O) groups excluding carboxylic acids is 2. The van der Waals surface area contributed by atoms with Crippen molar-refractivity contribution in [2.24, 2.45) is 0 Å². The summed E-state index contributed by atoms with van der Waals surface area (Å²) in [4.78, 5) is 23.0. The first-order chi connectivity index (χ1) is 9.15. The van der Waals surface area contributed by atoms with E-state index in [0.29, 0.717) is 6.42 Å². The number of allylic oxidation sites excluding steroid dienone is 1. The number of rotatable bonds is 7. The molecule has 20 heavy (non-hydrogen) atoms. The molecule has 0 radical (unpaired) electrons. The predicted molar refractivity (Wildman–Crippen MR) is 72.3 cm³/mol. The highest BCUT2D eigenvalue weighted by molar-refractivity contribution is 5.88. The second-order valence-electron chi connectivity index (χ2n) is 4.48. The van der Waals surface area contributed by atoms with Gasteiger partial charge in [-0.2, -0.15) is 0 Å². The van der Waals surface area contributed by atoms with Crippen molar-refractivity contribution in [2.45, 2.75) is 52.6 Å². The van der Waals surface area contributed by atoms with Gasteiger partial charge in [0.05, 0.1) is 0 Å². The highest BCUT2D eigenvalue weighted by Crippen LogP contribution is 2.20. The Balaban J connectivity index is 5.00. The summed E-state index contributed by atoms with van der Waals surface area (Å²) in [5.41, 5.74) is 0.316. The number of ether oxygens (including phenoxy) is 2. The zero-order valence-electron chi connectivity index (χ0n) is 12.3. The summed E-state index contributed by atoms with van der Waals surface area (Å²) in [5.74, 6) is -4.57. The van der Waals surface area contributed by atoms with Crippen LogP contribution < -0.4 is 0 Å². The van der Waals surface area contributed by atoms with Crippen molar-refractivity contribution < 1.29 is 29.3 Å². The molecule has 2 N–H and O–H groups in total. The molecule has 1 atom stereocenters. The Kier molecular flexibility index (Phi) is 7.17. The standard InChI is InChI=1S/C14H22O6/c1-6-8-11(19-12(15)9(3)4)14(17,18)20-13(16)10(5)7-2/h7,11,17-18H,3,6,8H2,1-2,4-5H3/b10-7+. The number of carbonyl (C=O) groups is 2. The summed E-state index contributed by atoms with van der Waals surface area (Å²) >= 11 is 0. The average molecular weight is 286 g/mol. The van der Waals surface area contributed by atoms with Crippen molar-refractivity contribution in [1.82, 2.24) is 0 Å². The van der Waals surface area contributed by atoms with Crippen LogP contribution in [0.15, 0.2) is 23.8 Å². The molecule has 0 saturated heterocycles. The number of hydrogen-bond donors (Lipinski definition) is 2. The van der Waals surface area contributed by atoms with Gasteiger partial charge in [0.15, 0.2) is 6.10 Å². The lowest BCUT2D eigenvalue weighted by molar-refractivity contribution is -0.358. The molecule has 1 unspecified atom stereocenters. The lowest BCUT2D eigenvalue weighted by Crippen LogP contribution is -2.48. The normalized spacial score (nSPS) is 13.6. The SMILES string of the molecule is C=C(C)C(=O)OC(CCC)C(O)(O)OC(=O)/C(C)=C/C. The molecule has 0 aromatic rings. The molecule has 0 fully saturated rings. The third kappa shape index (κ3) is 5.54. The average Bonchev–Trinajstić information content (AvgIpc) is 2.36. The van der Waals surface area contributed by atoms with Gasteiger partial charge >= 0.3 is 17.9 Å². The van der Waals surface area contributed by atoms with Gasteiger partial charge < -0.3 is 19.7 Å². The van der Waals surface area contributed by atoms with Gasteiger partial charge in [-0.25, -0.2) is 9.59 Å². The summed E-state index contributed by atoms with van der Waals surface area (Å²) in [6.45, 7) is 9.66. The Morgan fingerprint density at radius 3 is 2.25 bits per heavy atom. The Morgan fingerprint density at radius 2 is 1.85 bits per heavy atom. The highest BCUT2D eigenvalue weighted by atomic mass is 16.8. The zero-order chi connectivity index (χ0) is 15.9. The molecular weight excluding hydrogens is 264 g/mol. The maximum atomic E-state index is 11.5. The van der Waals surface area contributed by atoms with Gasteiger partial charge in [0, 0.05) is 11.1 Å². The van der Waals surface area contributed by atoms with Crippen molar-refractivity contribution in [3.63, 3.8) is 0 Å². The molecule has 0 saturated carbocycles. The molecular formula is C14H22O6. The predicted octanol–water partition coefficient (Wildman–Crippen LogP) is 1.42. The van der Waals surface area contributed by atoms with Gasteiger partial charge in [-0.1, -0.05) is 26.0 Å². The van der Waals surface area contributed by atoms with Crippen molar-refractivity contribution in [3.8, 4) is 0 Å². The molecule has 0 aliphatic carbocycles. The van der Waals surface area contributed by atoms with E-state index in [1.54, 1.807) is 13.8 Å². The van der Waals surface area contributed by atoms with E-state index >= 15 is 0 Å². The fourth-order valence-corrected chi connectivity index (χ4v) is 1.22. The smallest absolute Gasteiger partial charge is 0.363 e. The van der Waals surface area contributed by atoms with Crippen LogP contribution >= 0.6 is 0 Å². The Labute approximate surface area is 118 Å². The van der Waals surface area contributed by atoms with E-state index < -0.39 is 24.0 Å². The summed E-state index contributed by atoms with van der Waals surface area (Å²) in [7, 11) is 0. The Bertz CT molecular complexity index is 408. The molecule has 0 spiro atoms. The first-order valence-corrected chi connectivity index (χ1v) is 6.33. The molecule has 6 nitrogen and oxygen atoms in total. The number of hydrogen-bond acceptors (Lipinski definition) is 6. The highest BCUT2D eigenvalue weighted by Gasteiger charge is 2.41. The van der Waals surface area contributed by atoms with Crippen LogP contribution in [0.2, 0.25) is 0 Å². The van der Waals surface area contributed by atoms with Crippen molar-refractivity contribution in [1.29, 1.82) is 0 Å². The zero-order valence-corrected chi connectivity index (χ0v) is 12.3. The van der Waals surface area contributed by atoms with Crippen LogP contribution in [0.3, 0.4) is 0 Å². The minimum absolute atomic E-state index is 0.109. The number of esters is 2. The summed E-state index contributed by atoms with van der Waals surface area (Å²) in [6, 6.07) is 0. The summed E-state index contributed by atoms with van der Waals surface area (Å²) < 4.78 is 9.48. The van der Waals surface area contributed by atoms with Crippen LogP contribution in [-0.4, -0.2) is 34.2 Å². The van der Waals surface area contributed by atoms with Crippen molar-refractivity contribution in [3.05, 3.63) is 23.8 Å². The third-order valence-corrected chi connectivity index (χ3v) is 2.57. The summed E-state index contributed by atoms with van der Waals surface area (Å²) in [5, 5.41) is 19.7. The number of aliphatic hydroxyl groups is 2. The third-order valence-electron chi connectivity index (χ3n) is 2.57. The fourth-order valence-electron chi connectivity index (χ4n) is 1.22. The molecule has 0 aromatic heterocycles. The molecule has 0 heterocycles. The Morgan fingerprint density at radius 1 is 1.30 bits per heavy atom. The van der Waals surface area contributed by atoms with E-state index in [1.807, 2.05) is 0 Å². The van der Waals surface area contributed by atoms with Gasteiger partial charge in [-0.3, -0.25) is 0 Å². The lowest BCUT2D eigenvalue weighted by atomic mass is 10.1. The van der Waals surface area contributed by atoms with E-state index in [0.717, 1.165) is 0 Å². The molecule has 114 valence electrons. The van der Waals surface area contributed by atoms with Crippen LogP contribution in [0, 0.1) is 0 Å². The molecule has 6 heteroatoms. The first kappa shape index (κ1) is 18.3. The van der Waals surface area contributed by atoms with Crippen LogP contribution in [0.4, 0.5) is 0 Å². The largest absolute Gasteiger partial charge is 0.449 e. The quantitative estimate of drug-likeness (QED) is 0.418. The maximum Gasteiger partial charge on any atom is 0.363 e. The van der Waals surface area contributed by atoms with Gasteiger partial charge in [0.25, 0.3) is 0 Å². The van der Waals surface area contributed by atoms with Gasteiger partial charge in [-0.15, -0.1) is 0 Å². The molecule has 0 aliphatic heterocycles. The van der Waals surface area contributed by atoms with Crippen LogP contribution in [0.5, 0.6) is 0 Å². The molecule has 0 bridgehead atoms. The minimum Gasteiger partial charge on any atom is -0.449 e. The van der Waals surface area contributed by atoms with Crippen molar-refractivity contribution >= 4 is 11.9 Å². The topological polar surface area (TPSA) is 93.1 Å². The van der Waals surface area contributed by atoms with Crippen molar-refractivity contribution in [2.75, 3.05) is 0 Å². The maximum absolute atomic E-state index is 11.5. The van der Waals surface area contributed by atoms with Gasteiger partial charge in [-0.05, 0) is 27.2 Å². The van der Waals surface area contributed by atoms with Gasteiger partial charge in [0.1, 0.15) is 0 Å². The molecule has 0 aliphatic rings. The Hall–Kier alpha value is -1.66. The van der Waals surface area contributed by atoms with E-state index in [-0.39, 0.29) is 17.6 Å². The minimum atomic E-state index is -2.89. The van der Waals surface area contributed by atoms with Crippen LogP contribution in [-0.2, 0) is 19.1 Å². The van der Waals surface area contributed by atoms with Crippen LogP contribution in [0.1, 0.15) is 40.5 Å². The summed E-state index contributed by atoms with van der Waals surface area (Å²) in [6.07, 6.45) is 0.698. The van der Waals surface area contributed by atoms with E-state index in [1.165, 1.54) is 19.9 Å². The molecule has 0 amide bonds. The second-order valence-corrected chi connectivity index (χ2v) is 4.48. The van der Waals surface area contributed by atoms with Gasteiger partial charge in [0.2, 0.25) is 0 Å². The monoisotopic (exact) mass is 286 g/mol.